The zero-order valence-corrected chi connectivity index (χ0v) is 15.0. The summed E-state index contributed by atoms with van der Waals surface area (Å²) in [5.41, 5.74) is -0.365. The van der Waals surface area contributed by atoms with Crippen LogP contribution in [0.3, 0.4) is 0 Å². The standard InChI is InChI=1S/C12H16BrCl2NO3S/c1-12(2,3-4-17)7-16-20(18,19)11-9(14)5-8(13)6-10(11)15/h5-6,16-17H,3-4,7H2,1-2H3. The van der Waals surface area contributed by atoms with Crippen molar-refractivity contribution in [2.75, 3.05) is 13.2 Å². The molecule has 1 aromatic carbocycles. The van der Waals surface area contributed by atoms with Crippen LogP contribution in [0, 0.1) is 5.41 Å². The van der Waals surface area contributed by atoms with Crippen LogP contribution < -0.4 is 4.72 Å². The van der Waals surface area contributed by atoms with Crippen LogP contribution in [0.25, 0.3) is 0 Å². The Bertz CT molecular complexity index is 567. The number of sulfonamides is 1. The van der Waals surface area contributed by atoms with Gasteiger partial charge in [0, 0.05) is 17.6 Å². The van der Waals surface area contributed by atoms with Crippen molar-refractivity contribution in [3.63, 3.8) is 0 Å². The van der Waals surface area contributed by atoms with E-state index < -0.39 is 10.0 Å². The minimum atomic E-state index is -3.81. The third-order valence-corrected chi connectivity index (χ3v) is 5.54. The van der Waals surface area contributed by atoms with Crippen molar-refractivity contribution in [1.82, 2.24) is 4.72 Å². The average molecular weight is 405 g/mol. The van der Waals surface area contributed by atoms with Gasteiger partial charge >= 0.3 is 0 Å². The molecule has 0 heterocycles. The Morgan fingerprint density at radius 2 is 1.80 bits per heavy atom. The zero-order valence-electron chi connectivity index (χ0n) is 11.1. The summed E-state index contributed by atoms with van der Waals surface area (Å²) < 4.78 is 27.6. The first-order valence-corrected chi connectivity index (χ1v) is 8.87. The van der Waals surface area contributed by atoms with Crippen molar-refractivity contribution < 1.29 is 13.5 Å². The Kier molecular flexibility index (Phi) is 6.32. The molecule has 0 atom stereocenters. The molecular weight excluding hydrogens is 389 g/mol. The maximum atomic E-state index is 12.3. The van der Waals surface area contributed by atoms with Crippen LogP contribution >= 0.6 is 39.1 Å². The summed E-state index contributed by atoms with van der Waals surface area (Å²) in [6.45, 7) is 3.89. The fourth-order valence-corrected chi connectivity index (χ4v) is 4.71. The van der Waals surface area contributed by atoms with E-state index >= 15 is 0 Å². The third-order valence-electron chi connectivity index (χ3n) is 2.76. The molecule has 4 nitrogen and oxygen atoms in total. The van der Waals surface area contributed by atoms with Crippen molar-refractivity contribution in [2.45, 2.75) is 25.2 Å². The number of halogens is 3. The lowest BCUT2D eigenvalue weighted by molar-refractivity contribution is 0.213. The summed E-state index contributed by atoms with van der Waals surface area (Å²) in [7, 11) is -3.81. The van der Waals surface area contributed by atoms with Crippen molar-refractivity contribution in [3.8, 4) is 0 Å². The van der Waals surface area contributed by atoms with Gasteiger partial charge in [0.15, 0.2) is 0 Å². The maximum Gasteiger partial charge on any atom is 0.243 e. The Morgan fingerprint density at radius 1 is 1.30 bits per heavy atom. The SMILES string of the molecule is CC(C)(CCO)CNS(=O)(=O)c1c(Cl)cc(Br)cc1Cl. The lowest BCUT2D eigenvalue weighted by Crippen LogP contribution is -2.34. The summed E-state index contributed by atoms with van der Waals surface area (Å²) >= 11 is 15.1. The van der Waals surface area contributed by atoms with Gasteiger partial charge in [0.1, 0.15) is 4.90 Å². The molecule has 0 saturated carbocycles. The number of hydrogen-bond acceptors (Lipinski definition) is 3. The summed E-state index contributed by atoms with van der Waals surface area (Å²) in [5.74, 6) is 0. The number of nitrogens with one attached hydrogen (secondary N) is 1. The summed E-state index contributed by atoms with van der Waals surface area (Å²) in [6.07, 6.45) is 0.483. The van der Waals surface area contributed by atoms with Crippen LogP contribution in [0.1, 0.15) is 20.3 Å². The van der Waals surface area contributed by atoms with E-state index in [1.807, 2.05) is 13.8 Å². The Morgan fingerprint density at radius 3 is 2.25 bits per heavy atom. The quantitative estimate of drug-likeness (QED) is 0.762. The lowest BCUT2D eigenvalue weighted by Gasteiger charge is -2.24. The number of rotatable bonds is 6. The number of aliphatic hydroxyl groups is 1. The maximum absolute atomic E-state index is 12.3. The van der Waals surface area contributed by atoms with E-state index in [9.17, 15) is 8.42 Å². The zero-order chi connectivity index (χ0) is 15.6. The third kappa shape index (κ3) is 4.86. The van der Waals surface area contributed by atoms with Gasteiger partial charge in [-0.05, 0) is 24.0 Å². The molecule has 0 unspecified atom stereocenters. The van der Waals surface area contributed by atoms with Crippen LogP contribution in [0.2, 0.25) is 10.0 Å². The highest BCUT2D eigenvalue weighted by molar-refractivity contribution is 9.10. The fourth-order valence-electron chi connectivity index (χ4n) is 1.54. The Balaban J connectivity index is 3.01. The van der Waals surface area contributed by atoms with Gasteiger partial charge in [-0.3, -0.25) is 0 Å². The van der Waals surface area contributed by atoms with Crippen LogP contribution in [0.5, 0.6) is 0 Å². The number of hydrogen-bond donors (Lipinski definition) is 2. The molecule has 0 aliphatic heterocycles. The van der Waals surface area contributed by atoms with Gasteiger partial charge in [-0.1, -0.05) is 53.0 Å². The molecule has 1 rings (SSSR count). The minimum absolute atomic E-state index is 0.00543. The molecule has 0 fully saturated rings. The monoisotopic (exact) mass is 403 g/mol. The van der Waals surface area contributed by atoms with Gasteiger partial charge in [0.25, 0.3) is 0 Å². The molecule has 0 amide bonds. The summed E-state index contributed by atoms with van der Waals surface area (Å²) in [4.78, 5) is -0.135. The van der Waals surface area contributed by atoms with Crippen molar-refractivity contribution in [2.24, 2.45) is 5.41 Å². The largest absolute Gasteiger partial charge is 0.396 e. The first kappa shape index (κ1) is 18.2. The fraction of sp³-hybridized carbons (Fsp3) is 0.500. The van der Waals surface area contributed by atoms with Gasteiger partial charge in [-0.2, -0.15) is 0 Å². The van der Waals surface area contributed by atoms with Gasteiger partial charge in [0.2, 0.25) is 10.0 Å². The molecule has 0 aliphatic rings. The van der Waals surface area contributed by atoms with E-state index in [2.05, 4.69) is 20.7 Å². The highest BCUT2D eigenvalue weighted by Gasteiger charge is 2.26. The molecule has 0 bridgehead atoms. The van der Waals surface area contributed by atoms with Gasteiger partial charge in [-0.15, -0.1) is 0 Å². The van der Waals surface area contributed by atoms with E-state index in [1.54, 1.807) is 0 Å². The van der Waals surface area contributed by atoms with Crippen molar-refractivity contribution in [1.29, 1.82) is 0 Å². The van der Waals surface area contributed by atoms with Crippen LogP contribution in [-0.2, 0) is 10.0 Å². The highest BCUT2D eigenvalue weighted by Crippen LogP contribution is 2.33. The second-order valence-corrected chi connectivity index (χ2v) is 8.59. The van der Waals surface area contributed by atoms with E-state index in [1.165, 1.54) is 12.1 Å². The van der Waals surface area contributed by atoms with Gasteiger partial charge < -0.3 is 5.11 Å². The summed E-state index contributed by atoms with van der Waals surface area (Å²) in [5, 5.41) is 9.05. The molecule has 1 aromatic rings. The lowest BCUT2D eigenvalue weighted by atomic mass is 9.90. The molecule has 20 heavy (non-hydrogen) atoms. The molecular formula is C12H16BrCl2NO3S. The Labute approximate surface area is 137 Å². The van der Waals surface area contributed by atoms with E-state index in [0.29, 0.717) is 10.9 Å². The van der Waals surface area contributed by atoms with E-state index in [0.717, 1.165) is 0 Å². The summed E-state index contributed by atoms with van der Waals surface area (Å²) in [6, 6.07) is 2.95. The molecule has 0 aromatic heterocycles. The molecule has 0 saturated heterocycles. The van der Waals surface area contributed by atoms with Crippen LogP contribution in [-0.4, -0.2) is 26.7 Å². The molecule has 8 heteroatoms. The molecule has 0 aliphatic carbocycles. The highest BCUT2D eigenvalue weighted by atomic mass is 79.9. The van der Waals surface area contributed by atoms with E-state index in [-0.39, 0.29) is 33.5 Å². The van der Waals surface area contributed by atoms with Crippen molar-refractivity contribution in [3.05, 3.63) is 26.7 Å². The molecule has 0 radical (unpaired) electrons. The normalized spacial score (nSPS) is 12.7. The first-order valence-electron chi connectivity index (χ1n) is 5.84. The van der Waals surface area contributed by atoms with Crippen LogP contribution in [0.15, 0.2) is 21.5 Å². The van der Waals surface area contributed by atoms with Gasteiger partial charge in [-0.25, -0.2) is 13.1 Å². The second-order valence-electron chi connectivity index (χ2n) is 5.16. The molecule has 0 spiro atoms. The molecule has 114 valence electrons. The van der Waals surface area contributed by atoms with Crippen molar-refractivity contribution >= 4 is 49.2 Å². The average Bonchev–Trinajstić information content (AvgIpc) is 2.24. The number of benzene rings is 1. The van der Waals surface area contributed by atoms with Crippen LogP contribution in [0.4, 0.5) is 0 Å². The smallest absolute Gasteiger partial charge is 0.243 e. The molecule has 2 N–H and O–H groups in total. The number of aliphatic hydroxyl groups excluding tert-OH is 1. The van der Waals surface area contributed by atoms with E-state index in [4.69, 9.17) is 28.3 Å². The predicted molar refractivity (Wildman–Crippen MR) is 84.8 cm³/mol. The minimum Gasteiger partial charge on any atom is -0.396 e. The second kappa shape index (κ2) is 6.94. The Hall–Kier alpha value is 0.150. The van der Waals surface area contributed by atoms with Gasteiger partial charge in [0.05, 0.1) is 10.0 Å². The predicted octanol–water partition coefficient (Wildman–Crippen LogP) is 3.44. The topological polar surface area (TPSA) is 66.4 Å². The first-order chi connectivity index (χ1) is 9.09.